The van der Waals surface area contributed by atoms with Gasteiger partial charge in [-0.05, 0) is 24.3 Å². The summed E-state index contributed by atoms with van der Waals surface area (Å²) in [4.78, 5) is 15.5. The average Bonchev–Trinajstić information content (AvgIpc) is 2.47. The number of pyridine rings is 1. The topological polar surface area (TPSA) is 65.0 Å². The number of nitrogens with one attached hydrogen (secondary N) is 1. The van der Waals surface area contributed by atoms with E-state index in [1.807, 2.05) is 36.4 Å². The van der Waals surface area contributed by atoms with Crippen LogP contribution in [0.5, 0.6) is 0 Å². The van der Waals surface area contributed by atoms with Gasteiger partial charge in [-0.3, -0.25) is 0 Å². The molecule has 0 radical (unpaired) electrons. The van der Waals surface area contributed by atoms with Crippen LogP contribution in [0, 0.1) is 0 Å². The molecule has 4 heteroatoms. The molecule has 0 aliphatic carbocycles. The lowest BCUT2D eigenvalue weighted by atomic mass is 10.1. The van der Waals surface area contributed by atoms with Crippen LogP contribution in [0.2, 0.25) is 0 Å². The van der Waals surface area contributed by atoms with Crippen molar-refractivity contribution >= 4 is 28.4 Å². The largest absolute Gasteiger partial charge is 0.545 e. The zero-order chi connectivity index (χ0) is 13.9. The van der Waals surface area contributed by atoms with Crippen LogP contribution in [0.3, 0.4) is 0 Å². The van der Waals surface area contributed by atoms with Crippen LogP contribution in [0.1, 0.15) is 10.4 Å². The molecule has 20 heavy (non-hydrogen) atoms. The van der Waals surface area contributed by atoms with Gasteiger partial charge in [-0.15, -0.1) is 0 Å². The standard InChI is InChI=1S/C16H12N2O2/c19-16(20)12-6-2-4-8-14(12)18-15-10-9-11-5-1-3-7-13(11)17-15/h1-10H,(H,17,18)(H,19,20)/p-1. The number of rotatable bonds is 3. The molecule has 1 aromatic heterocycles. The van der Waals surface area contributed by atoms with Crippen molar-refractivity contribution in [3.8, 4) is 0 Å². The third-order valence-electron chi connectivity index (χ3n) is 3.01. The molecule has 3 aromatic rings. The van der Waals surface area contributed by atoms with E-state index in [0.29, 0.717) is 11.5 Å². The SMILES string of the molecule is O=C([O-])c1ccccc1Nc1ccc2ccccc2n1. The lowest BCUT2D eigenvalue weighted by Gasteiger charge is -2.12. The molecule has 0 unspecified atom stereocenters. The second-order valence-electron chi connectivity index (χ2n) is 4.35. The normalized spacial score (nSPS) is 10.4. The first-order chi connectivity index (χ1) is 9.74. The van der Waals surface area contributed by atoms with Crippen LogP contribution in [0.15, 0.2) is 60.7 Å². The zero-order valence-electron chi connectivity index (χ0n) is 10.5. The predicted molar refractivity (Wildman–Crippen MR) is 75.8 cm³/mol. The van der Waals surface area contributed by atoms with Crippen LogP contribution in [-0.2, 0) is 0 Å². The highest BCUT2D eigenvalue weighted by molar-refractivity contribution is 5.93. The average molecular weight is 263 g/mol. The highest BCUT2D eigenvalue weighted by Gasteiger charge is 2.04. The molecular formula is C16H11N2O2-. The number of hydrogen-bond acceptors (Lipinski definition) is 4. The van der Waals surface area contributed by atoms with Crippen LogP contribution in [-0.4, -0.2) is 11.0 Å². The van der Waals surface area contributed by atoms with Gasteiger partial charge in [0.1, 0.15) is 5.82 Å². The van der Waals surface area contributed by atoms with Crippen molar-refractivity contribution in [2.24, 2.45) is 0 Å². The molecule has 0 fully saturated rings. The lowest BCUT2D eigenvalue weighted by molar-refractivity contribution is -0.254. The fourth-order valence-electron chi connectivity index (χ4n) is 2.04. The number of anilines is 2. The van der Waals surface area contributed by atoms with Gasteiger partial charge in [0.2, 0.25) is 0 Å². The number of benzene rings is 2. The molecule has 98 valence electrons. The number of nitrogens with zero attached hydrogens (tertiary/aromatic N) is 1. The first kappa shape index (κ1) is 12.2. The molecule has 0 aliphatic heterocycles. The van der Waals surface area contributed by atoms with Gasteiger partial charge >= 0.3 is 0 Å². The Kier molecular flexibility index (Phi) is 3.05. The van der Waals surface area contributed by atoms with E-state index in [9.17, 15) is 9.90 Å². The number of aromatic carboxylic acids is 1. The minimum absolute atomic E-state index is 0.113. The van der Waals surface area contributed by atoms with E-state index in [4.69, 9.17) is 0 Å². The quantitative estimate of drug-likeness (QED) is 0.787. The molecule has 1 heterocycles. The summed E-state index contributed by atoms with van der Waals surface area (Å²) >= 11 is 0. The number of hydrogen-bond donors (Lipinski definition) is 1. The molecule has 0 atom stereocenters. The Balaban J connectivity index is 1.99. The number of para-hydroxylation sites is 2. The molecule has 1 N–H and O–H groups in total. The maximum atomic E-state index is 11.1. The molecular weight excluding hydrogens is 252 g/mol. The number of carbonyl (C=O) groups is 1. The van der Waals surface area contributed by atoms with Crippen molar-refractivity contribution in [2.75, 3.05) is 5.32 Å². The van der Waals surface area contributed by atoms with E-state index in [2.05, 4.69) is 10.3 Å². The second-order valence-corrected chi connectivity index (χ2v) is 4.35. The Morgan fingerprint density at radius 3 is 2.55 bits per heavy atom. The molecule has 4 nitrogen and oxygen atoms in total. The number of carboxylic acids is 1. The van der Waals surface area contributed by atoms with E-state index in [1.54, 1.807) is 18.2 Å². The Morgan fingerprint density at radius 2 is 1.70 bits per heavy atom. The summed E-state index contributed by atoms with van der Waals surface area (Å²) in [6.45, 7) is 0. The summed E-state index contributed by atoms with van der Waals surface area (Å²) in [5.74, 6) is -0.619. The van der Waals surface area contributed by atoms with Crippen molar-refractivity contribution in [2.45, 2.75) is 0 Å². The zero-order valence-corrected chi connectivity index (χ0v) is 10.5. The van der Waals surface area contributed by atoms with Gasteiger partial charge in [0, 0.05) is 16.6 Å². The maximum Gasteiger partial charge on any atom is 0.131 e. The molecule has 0 bridgehead atoms. The number of carbonyl (C=O) groups excluding carboxylic acids is 1. The molecule has 3 rings (SSSR count). The van der Waals surface area contributed by atoms with Crippen molar-refractivity contribution in [1.82, 2.24) is 4.98 Å². The number of aromatic nitrogens is 1. The number of carboxylic acid groups (broad SMARTS) is 1. The van der Waals surface area contributed by atoms with E-state index in [1.165, 1.54) is 6.07 Å². The third-order valence-corrected chi connectivity index (χ3v) is 3.01. The van der Waals surface area contributed by atoms with Crippen LogP contribution >= 0.6 is 0 Å². The third kappa shape index (κ3) is 2.31. The summed E-state index contributed by atoms with van der Waals surface area (Å²) in [7, 11) is 0. The fraction of sp³-hybridized carbons (Fsp3) is 0. The fourth-order valence-corrected chi connectivity index (χ4v) is 2.04. The minimum Gasteiger partial charge on any atom is -0.545 e. The van der Waals surface area contributed by atoms with Crippen molar-refractivity contribution in [1.29, 1.82) is 0 Å². The Morgan fingerprint density at radius 1 is 0.950 bits per heavy atom. The molecule has 0 amide bonds. The van der Waals surface area contributed by atoms with Gasteiger partial charge in [0.05, 0.1) is 11.5 Å². The first-order valence-corrected chi connectivity index (χ1v) is 6.17. The van der Waals surface area contributed by atoms with E-state index >= 15 is 0 Å². The van der Waals surface area contributed by atoms with Crippen LogP contribution in [0.25, 0.3) is 10.9 Å². The summed E-state index contributed by atoms with van der Waals surface area (Å²) in [5.41, 5.74) is 1.43. The van der Waals surface area contributed by atoms with Crippen LogP contribution < -0.4 is 10.4 Å². The first-order valence-electron chi connectivity index (χ1n) is 6.17. The lowest BCUT2D eigenvalue weighted by Crippen LogP contribution is -2.23. The van der Waals surface area contributed by atoms with E-state index in [0.717, 1.165) is 10.9 Å². The van der Waals surface area contributed by atoms with E-state index < -0.39 is 5.97 Å². The van der Waals surface area contributed by atoms with Gasteiger partial charge in [0.25, 0.3) is 0 Å². The molecule has 0 saturated heterocycles. The van der Waals surface area contributed by atoms with Gasteiger partial charge in [-0.1, -0.05) is 36.4 Å². The predicted octanol–water partition coefficient (Wildman–Crippen LogP) is 2.34. The van der Waals surface area contributed by atoms with Crippen molar-refractivity contribution < 1.29 is 9.90 Å². The van der Waals surface area contributed by atoms with Crippen molar-refractivity contribution in [3.05, 3.63) is 66.2 Å². The Bertz CT molecular complexity index is 784. The Labute approximate surface area is 115 Å². The highest BCUT2D eigenvalue weighted by Crippen LogP contribution is 2.21. The van der Waals surface area contributed by atoms with Gasteiger partial charge in [0.15, 0.2) is 0 Å². The second kappa shape index (κ2) is 5.01. The monoisotopic (exact) mass is 263 g/mol. The van der Waals surface area contributed by atoms with Gasteiger partial charge < -0.3 is 15.2 Å². The molecule has 0 spiro atoms. The van der Waals surface area contributed by atoms with Crippen LogP contribution in [0.4, 0.5) is 11.5 Å². The summed E-state index contributed by atoms with van der Waals surface area (Å²) < 4.78 is 0. The Hall–Kier alpha value is -2.88. The summed E-state index contributed by atoms with van der Waals surface area (Å²) in [6.07, 6.45) is 0. The van der Waals surface area contributed by atoms with Gasteiger partial charge in [-0.25, -0.2) is 4.98 Å². The molecule has 0 saturated carbocycles. The van der Waals surface area contributed by atoms with E-state index in [-0.39, 0.29) is 5.56 Å². The van der Waals surface area contributed by atoms with Gasteiger partial charge in [-0.2, -0.15) is 0 Å². The minimum atomic E-state index is -1.21. The maximum absolute atomic E-state index is 11.1. The molecule has 0 aliphatic rings. The highest BCUT2D eigenvalue weighted by atomic mass is 16.4. The smallest absolute Gasteiger partial charge is 0.131 e. The number of fused-ring (bicyclic) bond motifs is 1. The van der Waals surface area contributed by atoms with Crippen molar-refractivity contribution in [3.63, 3.8) is 0 Å². The summed E-state index contributed by atoms with van der Waals surface area (Å²) in [5, 5.41) is 15.1. The summed E-state index contributed by atoms with van der Waals surface area (Å²) in [6, 6.07) is 18.1. The molecule has 2 aromatic carbocycles.